The highest BCUT2D eigenvalue weighted by molar-refractivity contribution is 5.55. The average Bonchev–Trinajstić information content (AvgIpc) is 2.75. The second-order valence-electron chi connectivity index (χ2n) is 7.06. The molecule has 0 unspecified atom stereocenters. The van der Waals surface area contributed by atoms with E-state index < -0.39 is 0 Å². The molecule has 3 aromatic rings. The fraction of sp³-hybridized carbons (Fsp3) is 0.318. The third-order valence-corrected chi connectivity index (χ3v) is 4.51. The van der Waals surface area contributed by atoms with Gasteiger partial charge in [0, 0.05) is 18.8 Å². The molecule has 2 aromatic carbocycles. The highest BCUT2D eigenvalue weighted by Gasteiger charge is 2.08. The number of unbranched alkanes of at least 4 members (excludes halogenated alkanes) is 2. The Morgan fingerprint density at radius 1 is 0.839 bits per heavy atom. The van der Waals surface area contributed by atoms with E-state index in [2.05, 4.69) is 30.9 Å². The molecule has 6 N–H and O–H groups in total. The predicted octanol–water partition coefficient (Wildman–Crippen LogP) is 3.66. The second-order valence-corrected chi connectivity index (χ2v) is 7.06. The lowest BCUT2D eigenvalue weighted by atomic mass is 10.1. The van der Waals surface area contributed by atoms with E-state index in [-0.39, 0.29) is 11.6 Å². The van der Waals surface area contributed by atoms with Gasteiger partial charge in [-0.3, -0.25) is 0 Å². The molecular weight excluding hydrogens is 397 g/mol. The van der Waals surface area contributed by atoms with Crippen LogP contribution in [0, 0.1) is 5.82 Å². The van der Waals surface area contributed by atoms with Gasteiger partial charge in [0.25, 0.3) is 0 Å². The predicted molar refractivity (Wildman–Crippen MR) is 121 cm³/mol. The molecule has 0 radical (unpaired) electrons. The SMILES string of the molecule is NCCCCCNc1nc(NCCc2ccc(O)cc2)nc(Nc2cccc(F)c2)n1. The summed E-state index contributed by atoms with van der Waals surface area (Å²) >= 11 is 0. The minimum Gasteiger partial charge on any atom is -0.508 e. The van der Waals surface area contributed by atoms with Gasteiger partial charge >= 0.3 is 0 Å². The van der Waals surface area contributed by atoms with Crippen LogP contribution in [-0.4, -0.2) is 39.7 Å². The lowest BCUT2D eigenvalue weighted by molar-refractivity contribution is 0.475. The molecule has 0 fully saturated rings. The molecule has 0 aliphatic heterocycles. The Morgan fingerprint density at radius 2 is 1.55 bits per heavy atom. The van der Waals surface area contributed by atoms with E-state index in [0.29, 0.717) is 36.6 Å². The van der Waals surface area contributed by atoms with E-state index in [4.69, 9.17) is 5.73 Å². The molecule has 0 saturated carbocycles. The number of halogens is 1. The largest absolute Gasteiger partial charge is 0.508 e. The lowest BCUT2D eigenvalue weighted by Gasteiger charge is -2.11. The molecular formula is C22H28FN7O. The van der Waals surface area contributed by atoms with Crippen LogP contribution in [0.5, 0.6) is 5.75 Å². The van der Waals surface area contributed by atoms with Crippen molar-refractivity contribution in [1.82, 2.24) is 15.0 Å². The Labute approximate surface area is 181 Å². The summed E-state index contributed by atoms with van der Waals surface area (Å²) in [7, 11) is 0. The molecule has 3 rings (SSSR count). The van der Waals surface area contributed by atoms with Gasteiger partial charge in [0.05, 0.1) is 0 Å². The molecule has 0 amide bonds. The number of hydrogen-bond acceptors (Lipinski definition) is 8. The number of aromatic nitrogens is 3. The number of nitrogens with two attached hydrogens (primary N) is 1. The summed E-state index contributed by atoms with van der Waals surface area (Å²) in [6.07, 6.45) is 3.70. The van der Waals surface area contributed by atoms with Crippen molar-refractivity contribution in [3.05, 3.63) is 59.9 Å². The maximum Gasteiger partial charge on any atom is 0.233 e. The van der Waals surface area contributed by atoms with Gasteiger partial charge in [-0.2, -0.15) is 15.0 Å². The third kappa shape index (κ3) is 7.71. The second kappa shape index (κ2) is 11.7. The van der Waals surface area contributed by atoms with Gasteiger partial charge in [-0.05, 0) is 61.7 Å². The van der Waals surface area contributed by atoms with Gasteiger partial charge in [-0.25, -0.2) is 4.39 Å². The smallest absolute Gasteiger partial charge is 0.233 e. The number of anilines is 4. The molecule has 0 aliphatic rings. The quantitative estimate of drug-likeness (QED) is 0.279. The third-order valence-electron chi connectivity index (χ3n) is 4.51. The van der Waals surface area contributed by atoms with Crippen LogP contribution in [0.3, 0.4) is 0 Å². The number of hydrogen-bond donors (Lipinski definition) is 5. The summed E-state index contributed by atoms with van der Waals surface area (Å²) in [6.45, 7) is 2.00. The van der Waals surface area contributed by atoms with Crippen LogP contribution in [0.15, 0.2) is 48.5 Å². The Hall–Kier alpha value is -3.46. The maximum absolute atomic E-state index is 13.5. The van der Waals surface area contributed by atoms with Gasteiger partial charge in [0.15, 0.2) is 0 Å². The number of nitrogens with zero attached hydrogens (tertiary/aromatic N) is 3. The summed E-state index contributed by atoms with van der Waals surface area (Å²) in [5.41, 5.74) is 7.16. The van der Waals surface area contributed by atoms with Crippen molar-refractivity contribution in [2.24, 2.45) is 5.73 Å². The van der Waals surface area contributed by atoms with Crippen molar-refractivity contribution in [2.75, 3.05) is 35.6 Å². The summed E-state index contributed by atoms with van der Waals surface area (Å²) in [6, 6.07) is 13.2. The number of benzene rings is 2. The molecule has 8 nitrogen and oxygen atoms in total. The Kier molecular flexibility index (Phi) is 8.36. The number of phenols is 1. The van der Waals surface area contributed by atoms with Crippen molar-refractivity contribution in [3.8, 4) is 5.75 Å². The average molecular weight is 426 g/mol. The van der Waals surface area contributed by atoms with Crippen LogP contribution in [0.4, 0.5) is 27.9 Å². The van der Waals surface area contributed by atoms with E-state index in [1.807, 2.05) is 12.1 Å². The Balaban J connectivity index is 1.66. The van der Waals surface area contributed by atoms with Crippen LogP contribution >= 0.6 is 0 Å². The van der Waals surface area contributed by atoms with E-state index in [9.17, 15) is 9.50 Å². The van der Waals surface area contributed by atoms with Gasteiger partial charge < -0.3 is 26.8 Å². The van der Waals surface area contributed by atoms with Gasteiger partial charge in [0.2, 0.25) is 17.8 Å². The minimum absolute atomic E-state index is 0.240. The van der Waals surface area contributed by atoms with Crippen LogP contribution in [0.1, 0.15) is 24.8 Å². The summed E-state index contributed by atoms with van der Waals surface area (Å²) in [5, 5.41) is 18.8. The highest BCUT2D eigenvalue weighted by atomic mass is 19.1. The summed E-state index contributed by atoms with van der Waals surface area (Å²) < 4.78 is 13.5. The topological polar surface area (TPSA) is 121 Å². The number of rotatable bonds is 12. The zero-order valence-electron chi connectivity index (χ0n) is 17.3. The van der Waals surface area contributed by atoms with Gasteiger partial charge in [-0.15, -0.1) is 0 Å². The highest BCUT2D eigenvalue weighted by Crippen LogP contribution is 2.17. The van der Waals surface area contributed by atoms with Gasteiger partial charge in [-0.1, -0.05) is 24.6 Å². The molecule has 31 heavy (non-hydrogen) atoms. The lowest BCUT2D eigenvalue weighted by Crippen LogP contribution is -2.13. The fourth-order valence-electron chi connectivity index (χ4n) is 2.91. The maximum atomic E-state index is 13.5. The van der Waals surface area contributed by atoms with Gasteiger partial charge in [0.1, 0.15) is 11.6 Å². The first-order chi connectivity index (χ1) is 15.1. The Morgan fingerprint density at radius 3 is 2.26 bits per heavy atom. The molecule has 1 aromatic heterocycles. The Bertz CT molecular complexity index is 953. The van der Waals surface area contributed by atoms with E-state index in [0.717, 1.165) is 37.8 Å². The molecule has 0 atom stereocenters. The number of phenolic OH excluding ortho intramolecular Hbond substituents is 1. The van der Waals surface area contributed by atoms with E-state index >= 15 is 0 Å². The molecule has 1 heterocycles. The van der Waals surface area contributed by atoms with Crippen LogP contribution < -0.4 is 21.7 Å². The van der Waals surface area contributed by atoms with Crippen LogP contribution in [0.25, 0.3) is 0 Å². The van der Waals surface area contributed by atoms with Crippen LogP contribution in [0.2, 0.25) is 0 Å². The number of nitrogens with one attached hydrogen (secondary N) is 3. The number of aromatic hydroxyl groups is 1. The zero-order chi connectivity index (χ0) is 21.9. The first kappa shape index (κ1) is 22.2. The molecule has 0 bridgehead atoms. The standard InChI is InChI=1S/C22H28FN7O/c23-17-5-4-6-18(15-17)27-22-29-20(25-13-3-1-2-12-24)28-21(30-22)26-14-11-16-7-9-19(31)10-8-16/h4-10,15,31H,1-3,11-14,24H2,(H3,25,26,27,28,29,30). The summed E-state index contributed by atoms with van der Waals surface area (Å²) in [5.74, 6) is 1.07. The monoisotopic (exact) mass is 425 g/mol. The van der Waals surface area contributed by atoms with Crippen molar-refractivity contribution >= 4 is 23.5 Å². The first-order valence-corrected chi connectivity index (χ1v) is 10.4. The summed E-state index contributed by atoms with van der Waals surface area (Å²) in [4.78, 5) is 13.2. The van der Waals surface area contributed by atoms with E-state index in [1.54, 1.807) is 24.3 Å². The fourth-order valence-corrected chi connectivity index (χ4v) is 2.91. The van der Waals surface area contributed by atoms with Crippen molar-refractivity contribution in [1.29, 1.82) is 0 Å². The van der Waals surface area contributed by atoms with Crippen molar-refractivity contribution < 1.29 is 9.50 Å². The minimum atomic E-state index is -0.343. The van der Waals surface area contributed by atoms with Crippen molar-refractivity contribution in [2.45, 2.75) is 25.7 Å². The van der Waals surface area contributed by atoms with Crippen molar-refractivity contribution in [3.63, 3.8) is 0 Å². The molecule has 164 valence electrons. The normalized spacial score (nSPS) is 10.6. The molecule has 0 saturated heterocycles. The van der Waals surface area contributed by atoms with E-state index in [1.165, 1.54) is 12.1 Å². The zero-order valence-corrected chi connectivity index (χ0v) is 17.3. The first-order valence-electron chi connectivity index (χ1n) is 10.4. The molecule has 9 heteroatoms. The molecule has 0 aliphatic carbocycles. The molecule has 0 spiro atoms. The van der Waals surface area contributed by atoms with Crippen LogP contribution in [-0.2, 0) is 6.42 Å².